The fraction of sp³-hybridized carbons (Fsp3) is 1.00. The molecule has 14 aliphatic rings. The fourth-order valence-corrected chi connectivity index (χ4v) is 21.4. The van der Waals surface area contributed by atoms with E-state index in [0.29, 0.717) is 29.8 Å². The van der Waals surface area contributed by atoms with Crippen LogP contribution < -0.4 is 5.32 Å². The molecule has 3 heteroatoms. The second kappa shape index (κ2) is 47.9. The van der Waals surface area contributed by atoms with Gasteiger partial charge in [-0.1, -0.05) is 249 Å². The molecule has 14 fully saturated rings. The third kappa shape index (κ3) is 28.0. The van der Waals surface area contributed by atoms with E-state index in [1.54, 1.807) is 12.8 Å². The third-order valence-electron chi connectivity index (χ3n) is 26.8. The van der Waals surface area contributed by atoms with E-state index < -0.39 is 6.17 Å². The molecule has 0 radical (unpaired) electrons. The number of halogens is 1. The van der Waals surface area contributed by atoms with Crippen molar-refractivity contribution in [2.45, 2.75) is 377 Å². The molecule has 14 rings (SSSR count). The van der Waals surface area contributed by atoms with E-state index in [9.17, 15) is 4.39 Å². The van der Waals surface area contributed by atoms with E-state index in [1.807, 2.05) is 83.1 Å². The molecule has 0 aromatic rings. The standard InChI is InChI=1S/C14H25F.C14H26.C13H25N.C13H24O.C12H22.C12H24.6C2H6/c1-8(2)11-7-13-12(9(3)4)5-10(11)6-14(13)15;1-9(2)13-7-11-5-6-12(8-13)14(11)10(3)4;2*1-8(2)11-6-13-12(9(3)4)5-10(11)7-14-13;1-7(2)9-5-10-11(6-9)12(10)8(3)4;1-9(2)11-5-7-12(8-6-11)10(3)4;6*1-2/h8-14H,5-7H2,1-4H3;9-14H,5-8H2,1-4H3;8-14H,5-7H2,1-4H3;8-13H,5-7H2,1-4H3;7-12H,5-6H2,1-4H3;9-12H,5-8H2,1-4H3;6*1-2H3. The minimum Gasteiger partial charge on any atom is -0.378 e. The van der Waals surface area contributed by atoms with Crippen LogP contribution in [0.5, 0.6) is 0 Å². The Morgan fingerprint density at radius 1 is 0.269 bits per heavy atom. The molecule has 2 nitrogen and oxygen atoms in total. The molecule has 0 aromatic carbocycles. The Hall–Kier alpha value is -0.150. The number of alkyl halides is 1. The van der Waals surface area contributed by atoms with Crippen LogP contribution in [0.2, 0.25) is 0 Å². The third-order valence-corrected chi connectivity index (χ3v) is 26.8. The summed E-state index contributed by atoms with van der Waals surface area (Å²) in [5.74, 6) is 29.2. The minimum absolute atomic E-state index is 0.377. The van der Waals surface area contributed by atoms with Gasteiger partial charge in [0.1, 0.15) is 6.17 Å². The van der Waals surface area contributed by atoms with Crippen LogP contribution in [-0.2, 0) is 4.74 Å². The monoisotopic (exact) mass is 1310 g/mol. The molecule has 0 spiro atoms. The number of hydrogen-bond acceptors (Lipinski definition) is 2. The quantitative estimate of drug-likeness (QED) is 0.210. The summed E-state index contributed by atoms with van der Waals surface area (Å²) in [6.07, 6.45) is 24.3. The smallest absolute Gasteiger partial charge is 0.103 e. The molecule has 8 bridgehead atoms. The average Bonchev–Trinajstić information content (AvgIpc) is 1.64. The van der Waals surface area contributed by atoms with Gasteiger partial charge in [0.2, 0.25) is 0 Å². The van der Waals surface area contributed by atoms with Crippen molar-refractivity contribution in [2.75, 3.05) is 13.2 Å². The lowest BCUT2D eigenvalue weighted by Crippen LogP contribution is -2.56. The molecule has 17 unspecified atom stereocenters. The zero-order chi connectivity index (χ0) is 72.1. The Kier molecular flexibility index (Phi) is 47.8. The van der Waals surface area contributed by atoms with Crippen molar-refractivity contribution in [2.24, 2.45) is 189 Å². The molecule has 0 aromatic heterocycles. The van der Waals surface area contributed by atoms with Gasteiger partial charge >= 0.3 is 0 Å². The molecule has 93 heavy (non-hydrogen) atoms. The lowest BCUT2D eigenvalue weighted by molar-refractivity contribution is -0.147. The Morgan fingerprint density at radius 2 is 0.624 bits per heavy atom. The molecule has 4 saturated heterocycles. The van der Waals surface area contributed by atoms with E-state index in [2.05, 4.69) is 171 Å². The van der Waals surface area contributed by atoms with Crippen molar-refractivity contribution < 1.29 is 9.13 Å². The first-order valence-electron chi connectivity index (χ1n) is 43.0. The molecule has 560 valence electrons. The van der Waals surface area contributed by atoms with E-state index in [1.165, 1.54) is 90.0 Å². The van der Waals surface area contributed by atoms with Crippen LogP contribution in [0.25, 0.3) is 0 Å². The summed E-state index contributed by atoms with van der Waals surface area (Å²) in [6, 6.07) is 0.826. The van der Waals surface area contributed by atoms with Gasteiger partial charge in [-0.2, -0.15) is 0 Å². The van der Waals surface area contributed by atoms with Crippen molar-refractivity contribution in [3.05, 3.63) is 0 Å². The van der Waals surface area contributed by atoms with E-state index in [4.69, 9.17) is 4.74 Å². The normalized spacial score (nSPS) is 36.8. The highest BCUT2D eigenvalue weighted by molar-refractivity contribution is 5.05. The van der Waals surface area contributed by atoms with Gasteiger partial charge in [-0.3, -0.25) is 0 Å². The summed E-state index contributed by atoms with van der Waals surface area (Å²) in [4.78, 5) is 0. The molecule has 1 N–H and O–H groups in total. The zero-order valence-corrected chi connectivity index (χ0v) is 70.9. The minimum atomic E-state index is -0.494. The van der Waals surface area contributed by atoms with Gasteiger partial charge in [0.05, 0.1) is 12.7 Å². The maximum Gasteiger partial charge on any atom is 0.103 e. The van der Waals surface area contributed by atoms with Crippen LogP contribution in [0.15, 0.2) is 0 Å². The Bertz CT molecular complexity index is 1590. The van der Waals surface area contributed by atoms with Crippen LogP contribution in [0.4, 0.5) is 4.39 Å². The average molecular weight is 1310 g/mol. The van der Waals surface area contributed by atoms with Crippen LogP contribution >= 0.6 is 0 Å². The predicted molar refractivity (Wildman–Crippen MR) is 421 cm³/mol. The van der Waals surface area contributed by atoms with Crippen molar-refractivity contribution in [1.82, 2.24) is 5.32 Å². The van der Waals surface area contributed by atoms with Crippen LogP contribution in [-0.4, -0.2) is 31.5 Å². The van der Waals surface area contributed by atoms with E-state index in [0.717, 1.165) is 191 Å². The highest BCUT2D eigenvalue weighted by Crippen LogP contribution is 2.63. The highest BCUT2D eigenvalue weighted by Gasteiger charge is 2.57. The second-order valence-electron chi connectivity index (χ2n) is 35.6. The molecular weight excluding hydrogens is 1130 g/mol. The van der Waals surface area contributed by atoms with Crippen LogP contribution in [0, 0.1) is 189 Å². The molecule has 4 aliphatic heterocycles. The number of hydrogen-bond donors (Lipinski definition) is 1. The highest BCUT2D eigenvalue weighted by atomic mass is 19.1. The molecule has 4 heterocycles. The zero-order valence-electron chi connectivity index (χ0n) is 70.9. The summed E-state index contributed by atoms with van der Waals surface area (Å²) in [6.45, 7) is 83.3. The molecular formula is C90H182FNO. The maximum atomic E-state index is 13.9. The van der Waals surface area contributed by atoms with Crippen molar-refractivity contribution in [3.8, 4) is 0 Å². The second-order valence-corrected chi connectivity index (χ2v) is 35.6. The molecule has 10 aliphatic carbocycles. The summed E-state index contributed by atoms with van der Waals surface area (Å²) >= 11 is 0. The molecule has 0 amide bonds. The van der Waals surface area contributed by atoms with Gasteiger partial charge in [-0.05, 0) is 305 Å². The predicted octanol–water partition coefficient (Wildman–Crippen LogP) is 28.7. The Labute approximate surface area is 590 Å². The molecule has 10 saturated carbocycles. The largest absolute Gasteiger partial charge is 0.378 e. The summed E-state index contributed by atoms with van der Waals surface area (Å²) in [7, 11) is 0. The first-order valence-corrected chi connectivity index (χ1v) is 43.0. The summed E-state index contributed by atoms with van der Waals surface area (Å²) < 4.78 is 19.9. The van der Waals surface area contributed by atoms with Gasteiger partial charge in [0.15, 0.2) is 0 Å². The number of fused-ring (bicyclic) bond motifs is 12. The topological polar surface area (TPSA) is 21.3 Å². The van der Waals surface area contributed by atoms with Crippen LogP contribution in [0.3, 0.4) is 0 Å². The molecule has 17 atom stereocenters. The fourth-order valence-electron chi connectivity index (χ4n) is 21.4. The Morgan fingerprint density at radius 3 is 0.946 bits per heavy atom. The first kappa shape index (κ1) is 92.8. The number of rotatable bonds is 12. The van der Waals surface area contributed by atoms with Gasteiger partial charge in [-0.25, -0.2) is 4.39 Å². The van der Waals surface area contributed by atoms with Crippen LogP contribution in [0.1, 0.15) is 358 Å². The van der Waals surface area contributed by atoms with E-state index in [-0.39, 0.29) is 0 Å². The SMILES string of the molecule is CC.CC.CC.CC.CC.CC.CC(C)C1CC2C(C1)C2C(C)C.CC(C)C1CC2C(F)CC1CC2C(C)C.CC(C)C1CC2CCC(C1)C2C(C)C.CC(C)C1CC2NCC1CC2C(C)C.CC(C)C1CC2OCC1CC2C(C)C.CC(C)C1CCC(C(C)C)CC1. The van der Waals surface area contributed by atoms with Gasteiger partial charge in [0, 0.05) is 6.04 Å². The van der Waals surface area contributed by atoms with Gasteiger partial charge in [0.25, 0.3) is 0 Å². The van der Waals surface area contributed by atoms with Gasteiger partial charge in [-0.15, -0.1) is 0 Å². The van der Waals surface area contributed by atoms with E-state index >= 15 is 0 Å². The number of ether oxygens (including phenoxy) is 1. The van der Waals surface area contributed by atoms with Gasteiger partial charge < -0.3 is 10.1 Å². The van der Waals surface area contributed by atoms with Crippen molar-refractivity contribution in [1.29, 1.82) is 0 Å². The Balaban J connectivity index is 0.00000106. The summed E-state index contributed by atoms with van der Waals surface area (Å²) in [5, 5.41) is 3.73. The van der Waals surface area contributed by atoms with Crippen molar-refractivity contribution in [3.63, 3.8) is 0 Å². The number of nitrogens with one attached hydrogen (secondary N) is 1. The van der Waals surface area contributed by atoms with Crippen molar-refractivity contribution >= 4 is 0 Å². The maximum absolute atomic E-state index is 13.9. The lowest BCUT2D eigenvalue weighted by atomic mass is 9.55. The first-order chi connectivity index (χ1) is 44.0. The summed E-state index contributed by atoms with van der Waals surface area (Å²) in [5.41, 5.74) is 0. The lowest BCUT2D eigenvalue weighted by Gasteiger charge is -2.51. The number of piperidine rings is 2.